The summed E-state index contributed by atoms with van der Waals surface area (Å²) in [5, 5.41) is 32.5. The van der Waals surface area contributed by atoms with Crippen molar-refractivity contribution in [1.29, 1.82) is 0 Å². The third kappa shape index (κ3) is 9.13. The molecular formula is C8H17NO6. The van der Waals surface area contributed by atoms with Crippen LogP contribution in [0.2, 0.25) is 0 Å². The van der Waals surface area contributed by atoms with Crippen molar-refractivity contribution in [3.8, 4) is 0 Å². The number of aliphatic hydroxyl groups is 2. The highest BCUT2D eigenvalue weighted by molar-refractivity contribution is 5.83. The zero-order valence-corrected chi connectivity index (χ0v) is 8.62. The van der Waals surface area contributed by atoms with E-state index in [0.29, 0.717) is 6.04 Å². The first-order valence-electron chi connectivity index (χ1n) is 4.31. The minimum absolute atomic E-state index is 0.384. The van der Waals surface area contributed by atoms with E-state index in [2.05, 4.69) is 6.92 Å². The first kappa shape index (κ1) is 16.3. The quantitative estimate of drug-likeness (QED) is 0.395. The van der Waals surface area contributed by atoms with Gasteiger partial charge in [0, 0.05) is 6.04 Å². The lowest BCUT2D eigenvalue weighted by atomic mass is 10.2. The summed E-state index contributed by atoms with van der Waals surface area (Å²) in [4.78, 5) is 19.5. The summed E-state index contributed by atoms with van der Waals surface area (Å²) in [6.07, 6.45) is -3.45. The van der Waals surface area contributed by atoms with Crippen LogP contribution in [0.15, 0.2) is 0 Å². The molecule has 0 amide bonds. The van der Waals surface area contributed by atoms with Gasteiger partial charge in [-0.05, 0) is 13.3 Å². The highest BCUT2D eigenvalue weighted by Gasteiger charge is 2.29. The Hall–Kier alpha value is -1.18. The molecule has 3 unspecified atom stereocenters. The molecule has 90 valence electrons. The van der Waals surface area contributed by atoms with Crippen LogP contribution in [-0.2, 0) is 9.59 Å². The number of nitrogens with two attached hydrogens (primary N) is 1. The van der Waals surface area contributed by atoms with Crippen LogP contribution < -0.4 is 5.73 Å². The van der Waals surface area contributed by atoms with Gasteiger partial charge in [0.25, 0.3) is 0 Å². The summed E-state index contributed by atoms with van der Waals surface area (Å²) < 4.78 is 0. The molecule has 0 aromatic carbocycles. The fourth-order valence-corrected chi connectivity index (χ4v) is 0.270. The maximum Gasteiger partial charge on any atom is 0.335 e. The Kier molecular flexibility index (Phi) is 8.84. The lowest BCUT2D eigenvalue weighted by molar-refractivity contribution is -0.165. The average Bonchev–Trinajstić information content (AvgIpc) is 2.16. The van der Waals surface area contributed by atoms with Crippen molar-refractivity contribution in [3.63, 3.8) is 0 Å². The van der Waals surface area contributed by atoms with Crippen LogP contribution >= 0.6 is 0 Å². The van der Waals surface area contributed by atoms with E-state index in [4.69, 9.17) is 26.2 Å². The molecule has 7 heteroatoms. The van der Waals surface area contributed by atoms with E-state index < -0.39 is 24.1 Å². The fraction of sp³-hybridized carbons (Fsp3) is 0.750. The number of rotatable bonds is 4. The van der Waals surface area contributed by atoms with Gasteiger partial charge in [-0.1, -0.05) is 6.92 Å². The number of hydrogen-bond acceptors (Lipinski definition) is 5. The van der Waals surface area contributed by atoms with Crippen molar-refractivity contribution in [2.24, 2.45) is 5.73 Å². The average molecular weight is 223 g/mol. The number of aliphatic carboxylic acids is 2. The fourth-order valence-electron chi connectivity index (χ4n) is 0.270. The molecule has 0 aromatic heterocycles. The van der Waals surface area contributed by atoms with Gasteiger partial charge in [-0.3, -0.25) is 0 Å². The monoisotopic (exact) mass is 223 g/mol. The normalized spacial score (nSPS) is 15.5. The molecule has 15 heavy (non-hydrogen) atoms. The van der Waals surface area contributed by atoms with Crippen molar-refractivity contribution < 1.29 is 30.0 Å². The van der Waals surface area contributed by atoms with Crippen LogP contribution in [-0.4, -0.2) is 50.6 Å². The number of carboxylic acid groups (broad SMARTS) is 2. The minimum atomic E-state index is -2.27. The first-order valence-corrected chi connectivity index (χ1v) is 4.31. The van der Waals surface area contributed by atoms with Crippen molar-refractivity contribution in [2.45, 2.75) is 38.5 Å². The van der Waals surface area contributed by atoms with Crippen LogP contribution in [0, 0.1) is 0 Å². The van der Waals surface area contributed by atoms with Crippen LogP contribution in [0.4, 0.5) is 0 Å². The molecule has 6 N–H and O–H groups in total. The molecule has 0 aliphatic rings. The van der Waals surface area contributed by atoms with Crippen molar-refractivity contribution in [2.75, 3.05) is 0 Å². The Morgan fingerprint density at radius 3 is 1.40 bits per heavy atom. The van der Waals surface area contributed by atoms with Gasteiger partial charge in [-0.2, -0.15) is 0 Å². The summed E-state index contributed by atoms with van der Waals surface area (Å²) in [5.74, 6) is -3.54. The predicted molar refractivity (Wildman–Crippen MR) is 51.2 cm³/mol. The summed E-state index contributed by atoms with van der Waals surface area (Å²) in [7, 11) is 0. The molecule has 7 nitrogen and oxygen atoms in total. The van der Waals surface area contributed by atoms with Gasteiger partial charge in [-0.25, -0.2) is 9.59 Å². The second-order valence-corrected chi connectivity index (χ2v) is 2.95. The van der Waals surface area contributed by atoms with Gasteiger partial charge >= 0.3 is 11.9 Å². The van der Waals surface area contributed by atoms with Crippen molar-refractivity contribution in [1.82, 2.24) is 0 Å². The Bertz CT molecular complexity index is 187. The van der Waals surface area contributed by atoms with Gasteiger partial charge in [0.15, 0.2) is 12.2 Å². The smallest absolute Gasteiger partial charge is 0.335 e. The third-order valence-corrected chi connectivity index (χ3v) is 1.45. The molecule has 0 spiro atoms. The SMILES string of the molecule is CCC(C)N.O=C(O)C(O)C(O)C(=O)O. The second-order valence-electron chi connectivity index (χ2n) is 2.95. The summed E-state index contributed by atoms with van der Waals surface area (Å²) in [5.41, 5.74) is 5.29. The molecule has 0 bridgehead atoms. The maximum absolute atomic E-state index is 9.77. The van der Waals surface area contributed by atoms with E-state index >= 15 is 0 Å². The number of carboxylic acids is 2. The number of hydrogen-bond donors (Lipinski definition) is 5. The molecule has 0 rings (SSSR count). The Morgan fingerprint density at radius 1 is 1.13 bits per heavy atom. The van der Waals surface area contributed by atoms with Crippen LogP contribution in [0.1, 0.15) is 20.3 Å². The van der Waals surface area contributed by atoms with E-state index in [1.807, 2.05) is 6.92 Å². The van der Waals surface area contributed by atoms with E-state index in [-0.39, 0.29) is 0 Å². The molecule has 0 saturated heterocycles. The van der Waals surface area contributed by atoms with Crippen molar-refractivity contribution >= 4 is 11.9 Å². The zero-order chi connectivity index (χ0) is 12.6. The molecule has 0 aliphatic heterocycles. The lowest BCUT2D eigenvalue weighted by Gasteiger charge is -2.07. The summed E-state index contributed by atoms with van der Waals surface area (Å²) in [6.45, 7) is 4.07. The van der Waals surface area contributed by atoms with Gasteiger partial charge < -0.3 is 26.2 Å². The predicted octanol–water partition coefficient (Wildman–Crippen LogP) is -1.38. The largest absolute Gasteiger partial charge is 0.479 e. The zero-order valence-electron chi connectivity index (χ0n) is 8.62. The first-order chi connectivity index (χ1) is 6.73. The third-order valence-electron chi connectivity index (χ3n) is 1.45. The van der Waals surface area contributed by atoms with Crippen molar-refractivity contribution in [3.05, 3.63) is 0 Å². The molecule has 0 fully saturated rings. The summed E-state index contributed by atoms with van der Waals surface area (Å²) in [6, 6.07) is 0.384. The van der Waals surface area contributed by atoms with E-state index in [0.717, 1.165) is 6.42 Å². The molecule has 0 aliphatic carbocycles. The van der Waals surface area contributed by atoms with Crippen LogP contribution in [0.3, 0.4) is 0 Å². The standard InChI is InChI=1S/C4H11N.C4H6O6/c1-3-4(2)5;5-1(3(7)8)2(6)4(9)10/h4H,3,5H2,1-2H3;1-2,5-6H,(H,7,8)(H,9,10). The number of carbonyl (C=O) groups is 2. The van der Waals surface area contributed by atoms with Crippen LogP contribution in [0.25, 0.3) is 0 Å². The molecule has 0 radical (unpaired) electrons. The van der Waals surface area contributed by atoms with Gasteiger partial charge in [0.05, 0.1) is 0 Å². The Morgan fingerprint density at radius 2 is 1.33 bits per heavy atom. The van der Waals surface area contributed by atoms with Gasteiger partial charge in [-0.15, -0.1) is 0 Å². The highest BCUT2D eigenvalue weighted by Crippen LogP contribution is 1.92. The Balaban J connectivity index is 0. The second kappa shape index (κ2) is 8.16. The topological polar surface area (TPSA) is 141 Å². The van der Waals surface area contributed by atoms with E-state index in [1.54, 1.807) is 0 Å². The highest BCUT2D eigenvalue weighted by atomic mass is 16.4. The molecule has 0 saturated carbocycles. The van der Waals surface area contributed by atoms with Crippen LogP contribution in [0.5, 0.6) is 0 Å². The van der Waals surface area contributed by atoms with E-state index in [1.165, 1.54) is 0 Å². The maximum atomic E-state index is 9.77. The molecular weight excluding hydrogens is 206 g/mol. The molecule has 0 aromatic rings. The summed E-state index contributed by atoms with van der Waals surface area (Å²) >= 11 is 0. The van der Waals surface area contributed by atoms with E-state index in [9.17, 15) is 9.59 Å². The van der Waals surface area contributed by atoms with Gasteiger partial charge in [0.1, 0.15) is 0 Å². The minimum Gasteiger partial charge on any atom is -0.479 e. The lowest BCUT2D eigenvalue weighted by Crippen LogP contribution is -2.39. The molecule has 0 heterocycles. The number of aliphatic hydroxyl groups excluding tert-OH is 2. The van der Waals surface area contributed by atoms with Gasteiger partial charge in [0.2, 0.25) is 0 Å². The Labute approximate surface area is 87.1 Å². The molecule has 3 atom stereocenters.